The number of piperidine rings is 1. The van der Waals surface area contributed by atoms with E-state index in [-0.39, 0.29) is 23.2 Å². The summed E-state index contributed by atoms with van der Waals surface area (Å²) >= 11 is 0. The summed E-state index contributed by atoms with van der Waals surface area (Å²) in [6.45, 7) is 4.66. The van der Waals surface area contributed by atoms with Gasteiger partial charge in [-0.15, -0.1) is 0 Å². The minimum atomic E-state index is -0.918. The lowest BCUT2D eigenvalue weighted by atomic mass is 9.99. The van der Waals surface area contributed by atoms with Gasteiger partial charge in [0.2, 0.25) is 5.91 Å². The Labute approximate surface area is 130 Å². The van der Waals surface area contributed by atoms with Crippen LogP contribution in [0.5, 0.6) is 0 Å². The number of carbonyl (C=O) groups is 2. The number of hydrogen-bond donors (Lipinski definition) is 2. The summed E-state index contributed by atoms with van der Waals surface area (Å²) in [7, 11) is 0. The molecule has 5 heteroatoms. The smallest absolute Gasteiger partial charge is 0.326 e. The molecule has 0 aromatic heterocycles. The standard InChI is InChI=1S/C17H22N2O3/c1-17(2)11-9-19(14(13(11)17)16(21)22)15(20)12(18)8-10-6-4-3-5-7-10/h3-7,11-14H,8-9,18H2,1-2H3,(H,21,22)/t11?,12-,13?,14-/m0/s1. The second-order valence-electron chi connectivity index (χ2n) is 7.02. The summed E-state index contributed by atoms with van der Waals surface area (Å²) in [5, 5.41) is 9.50. The fourth-order valence-corrected chi connectivity index (χ4v) is 3.96. The van der Waals surface area contributed by atoms with Crippen LogP contribution in [0, 0.1) is 17.3 Å². The highest BCUT2D eigenvalue weighted by Gasteiger charge is 2.69. The van der Waals surface area contributed by atoms with Crippen molar-refractivity contribution in [2.24, 2.45) is 23.0 Å². The highest BCUT2D eigenvalue weighted by molar-refractivity contribution is 5.88. The SMILES string of the molecule is CC1(C)C2CN(C(=O)[C@@H](N)Cc3ccccc3)[C@H](C(=O)O)C21. The van der Waals surface area contributed by atoms with Crippen molar-refractivity contribution >= 4 is 11.9 Å². The molecule has 0 bridgehead atoms. The summed E-state index contributed by atoms with van der Waals surface area (Å²) < 4.78 is 0. The number of carboxylic acids is 1. The average molecular weight is 302 g/mol. The van der Waals surface area contributed by atoms with Gasteiger partial charge >= 0.3 is 5.97 Å². The van der Waals surface area contributed by atoms with Crippen LogP contribution in [0.25, 0.3) is 0 Å². The fraction of sp³-hybridized carbons (Fsp3) is 0.529. The highest BCUT2D eigenvalue weighted by atomic mass is 16.4. The normalized spacial score (nSPS) is 29.8. The van der Waals surface area contributed by atoms with E-state index in [1.54, 1.807) is 0 Å². The number of nitrogens with two attached hydrogens (primary N) is 1. The Balaban J connectivity index is 1.71. The Kier molecular flexibility index (Phi) is 3.48. The van der Waals surface area contributed by atoms with Gasteiger partial charge in [-0.05, 0) is 23.3 Å². The number of carbonyl (C=O) groups excluding carboxylic acids is 1. The van der Waals surface area contributed by atoms with Crippen LogP contribution in [0.2, 0.25) is 0 Å². The Morgan fingerprint density at radius 2 is 2.00 bits per heavy atom. The molecule has 1 aliphatic heterocycles. The van der Waals surface area contributed by atoms with Crippen LogP contribution >= 0.6 is 0 Å². The van der Waals surface area contributed by atoms with Gasteiger partial charge in [-0.2, -0.15) is 0 Å². The zero-order valence-corrected chi connectivity index (χ0v) is 12.9. The van der Waals surface area contributed by atoms with Gasteiger partial charge in [0, 0.05) is 12.5 Å². The number of nitrogens with zero attached hydrogens (tertiary/aromatic N) is 1. The maximum atomic E-state index is 12.6. The van der Waals surface area contributed by atoms with E-state index in [4.69, 9.17) is 5.73 Å². The van der Waals surface area contributed by atoms with Gasteiger partial charge in [0.1, 0.15) is 6.04 Å². The zero-order chi connectivity index (χ0) is 16.1. The monoisotopic (exact) mass is 302 g/mol. The number of likely N-dealkylation sites (tertiary alicyclic amines) is 1. The number of carboxylic acid groups (broad SMARTS) is 1. The Morgan fingerprint density at radius 1 is 1.36 bits per heavy atom. The van der Waals surface area contributed by atoms with Crippen LogP contribution in [0.15, 0.2) is 30.3 Å². The molecule has 1 saturated heterocycles. The van der Waals surface area contributed by atoms with Crippen LogP contribution in [0.3, 0.4) is 0 Å². The van der Waals surface area contributed by atoms with Crippen LogP contribution in [0.4, 0.5) is 0 Å². The van der Waals surface area contributed by atoms with E-state index in [1.165, 1.54) is 4.90 Å². The molecule has 118 valence electrons. The first-order chi connectivity index (χ1) is 10.3. The third-order valence-corrected chi connectivity index (χ3v) is 5.36. The van der Waals surface area contributed by atoms with Crippen molar-refractivity contribution in [1.82, 2.24) is 4.90 Å². The van der Waals surface area contributed by atoms with Crippen LogP contribution in [-0.2, 0) is 16.0 Å². The minimum absolute atomic E-state index is 0.0172. The Hall–Kier alpha value is -1.88. The maximum Gasteiger partial charge on any atom is 0.326 e. The molecular weight excluding hydrogens is 280 g/mol. The van der Waals surface area contributed by atoms with E-state index in [2.05, 4.69) is 13.8 Å². The van der Waals surface area contributed by atoms with Crippen molar-refractivity contribution in [3.63, 3.8) is 0 Å². The van der Waals surface area contributed by atoms with Crippen LogP contribution < -0.4 is 5.73 Å². The first-order valence-electron chi connectivity index (χ1n) is 7.67. The molecule has 1 saturated carbocycles. The van der Waals surface area contributed by atoms with E-state index in [0.717, 1.165) is 5.56 Å². The molecule has 1 aliphatic carbocycles. The van der Waals surface area contributed by atoms with Gasteiger partial charge in [0.05, 0.1) is 6.04 Å². The summed E-state index contributed by atoms with van der Waals surface area (Å²) in [4.78, 5) is 25.6. The number of hydrogen-bond acceptors (Lipinski definition) is 3. The number of amides is 1. The second-order valence-corrected chi connectivity index (χ2v) is 7.02. The molecule has 2 aliphatic rings. The fourth-order valence-electron chi connectivity index (χ4n) is 3.96. The van der Waals surface area contributed by atoms with Crippen molar-refractivity contribution in [3.05, 3.63) is 35.9 Å². The summed E-state index contributed by atoms with van der Waals surface area (Å²) in [6, 6.07) is 8.14. The van der Waals surface area contributed by atoms with E-state index in [0.29, 0.717) is 13.0 Å². The van der Waals surface area contributed by atoms with Gasteiger partial charge < -0.3 is 15.7 Å². The van der Waals surface area contributed by atoms with Gasteiger partial charge in [0.25, 0.3) is 0 Å². The van der Waals surface area contributed by atoms with E-state index >= 15 is 0 Å². The van der Waals surface area contributed by atoms with Crippen molar-refractivity contribution in [2.75, 3.05) is 6.54 Å². The molecule has 3 rings (SSSR count). The van der Waals surface area contributed by atoms with Crippen LogP contribution in [0.1, 0.15) is 19.4 Å². The first kappa shape index (κ1) is 15.0. The first-order valence-corrected chi connectivity index (χ1v) is 7.67. The van der Waals surface area contributed by atoms with Gasteiger partial charge in [-0.1, -0.05) is 44.2 Å². The Bertz CT molecular complexity index is 599. The lowest BCUT2D eigenvalue weighted by Crippen LogP contribution is -2.52. The molecule has 1 amide bonds. The number of fused-ring (bicyclic) bond motifs is 1. The third kappa shape index (κ3) is 2.29. The summed E-state index contributed by atoms with van der Waals surface area (Å²) in [6.07, 6.45) is 0.432. The lowest BCUT2D eigenvalue weighted by Gasteiger charge is -2.30. The van der Waals surface area contributed by atoms with Crippen molar-refractivity contribution in [1.29, 1.82) is 0 Å². The Morgan fingerprint density at radius 3 is 2.59 bits per heavy atom. The molecule has 1 aromatic carbocycles. The molecule has 2 fully saturated rings. The molecular formula is C17H22N2O3. The molecule has 3 N–H and O–H groups in total. The number of aliphatic carboxylic acids is 1. The number of benzene rings is 1. The molecule has 1 aromatic rings. The van der Waals surface area contributed by atoms with Crippen molar-refractivity contribution in [3.8, 4) is 0 Å². The molecule has 2 unspecified atom stereocenters. The predicted octanol–water partition coefficient (Wildman–Crippen LogP) is 1.12. The molecule has 1 heterocycles. The molecule has 5 nitrogen and oxygen atoms in total. The average Bonchev–Trinajstić information content (AvgIpc) is 2.86. The molecule has 0 radical (unpaired) electrons. The highest BCUT2D eigenvalue weighted by Crippen LogP contribution is 2.64. The predicted molar refractivity (Wildman–Crippen MR) is 82.0 cm³/mol. The topological polar surface area (TPSA) is 83.6 Å². The zero-order valence-electron chi connectivity index (χ0n) is 12.9. The molecule has 22 heavy (non-hydrogen) atoms. The third-order valence-electron chi connectivity index (χ3n) is 5.36. The largest absolute Gasteiger partial charge is 0.480 e. The van der Waals surface area contributed by atoms with E-state index in [1.807, 2.05) is 30.3 Å². The van der Waals surface area contributed by atoms with Gasteiger partial charge in [-0.3, -0.25) is 4.79 Å². The minimum Gasteiger partial charge on any atom is -0.480 e. The summed E-state index contributed by atoms with van der Waals surface area (Å²) in [5.41, 5.74) is 7.04. The summed E-state index contributed by atoms with van der Waals surface area (Å²) in [5.74, 6) is -0.836. The van der Waals surface area contributed by atoms with Crippen molar-refractivity contribution < 1.29 is 14.7 Å². The van der Waals surface area contributed by atoms with Gasteiger partial charge in [0.15, 0.2) is 0 Å². The van der Waals surface area contributed by atoms with Crippen molar-refractivity contribution in [2.45, 2.75) is 32.4 Å². The molecule has 0 spiro atoms. The molecule has 4 atom stereocenters. The number of rotatable bonds is 4. The van der Waals surface area contributed by atoms with Gasteiger partial charge in [-0.25, -0.2) is 4.79 Å². The van der Waals surface area contributed by atoms with E-state index < -0.39 is 18.1 Å². The van der Waals surface area contributed by atoms with Crippen LogP contribution in [-0.4, -0.2) is 40.5 Å². The quantitative estimate of drug-likeness (QED) is 0.873. The van der Waals surface area contributed by atoms with E-state index in [9.17, 15) is 14.7 Å². The maximum absolute atomic E-state index is 12.6. The lowest BCUT2D eigenvalue weighted by molar-refractivity contribution is -0.150. The second kappa shape index (κ2) is 5.09.